The second-order valence-corrected chi connectivity index (χ2v) is 6.26. The van der Waals surface area contributed by atoms with E-state index in [2.05, 4.69) is 61.6 Å². The summed E-state index contributed by atoms with van der Waals surface area (Å²) >= 11 is 1.97. The van der Waals surface area contributed by atoms with Gasteiger partial charge in [-0.05, 0) is 49.1 Å². The molecule has 2 aromatic carbocycles. The lowest BCUT2D eigenvalue weighted by molar-refractivity contribution is 0.727. The largest absolute Gasteiger partial charge is 0.378 e. The van der Waals surface area contributed by atoms with E-state index in [9.17, 15) is 0 Å². The fourth-order valence-electron chi connectivity index (χ4n) is 2.59. The molecule has 1 atom stereocenters. The van der Waals surface area contributed by atoms with Gasteiger partial charge in [-0.3, -0.25) is 0 Å². The highest BCUT2D eigenvalue weighted by molar-refractivity contribution is 7.99. The number of benzene rings is 2. The minimum absolute atomic E-state index is 0.443. The molecule has 0 amide bonds. The van der Waals surface area contributed by atoms with Crippen molar-refractivity contribution < 1.29 is 0 Å². The van der Waals surface area contributed by atoms with Gasteiger partial charge in [0.05, 0.1) is 6.04 Å². The first-order valence-electron chi connectivity index (χ1n) is 6.80. The fraction of sp³-hybridized carbons (Fsp3) is 0.294. The Bertz CT molecular complexity index is 592. The van der Waals surface area contributed by atoms with Crippen LogP contribution in [0.15, 0.2) is 47.4 Å². The molecule has 1 nitrogen and oxygen atoms in total. The average molecular weight is 269 g/mol. The van der Waals surface area contributed by atoms with E-state index in [4.69, 9.17) is 0 Å². The topological polar surface area (TPSA) is 12.0 Å². The Labute approximate surface area is 119 Å². The zero-order valence-electron chi connectivity index (χ0n) is 11.4. The van der Waals surface area contributed by atoms with Crippen LogP contribution in [0.4, 0.5) is 5.69 Å². The van der Waals surface area contributed by atoms with Gasteiger partial charge in [0.2, 0.25) is 0 Å². The summed E-state index contributed by atoms with van der Waals surface area (Å²) in [5.41, 5.74) is 5.42. The molecule has 0 saturated carbocycles. The number of thioether (sulfide) groups is 1. The van der Waals surface area contributed by atoms with Crippen LogP contribution in [0.1, 0.15) is 29.2 Å². The number of anilines is 1. The Hall–Kier alpha value is -1.41. The molecule has 1 heterocycles. The highest BCUT2D eigenvalue weighted by Gasteiger charge is 2.20. The van der Waals surface area contributed by atoms with Gasteiger partial charge in [0.25, 0.3) is 0 Å². The molecule has 19 heavy (non-hydrogen) atoms. The van der Waals surface area contributed by atoms with Crippen LogP contribution in [-0.2, 0) is 0 Å². The summed E-state index contributed by atoms with van der Waals surface area (Å²) in [6.45, 7) is 4.37. The quantitative estimate of drug-likeness (QED) is 0.827. The molecule has 1 aliphatic rings. The average Bonchev–Trinajstić information content (AvgIpc) is 2.44. The first-order chi connectivity index (χ1) is 9.25. The van der Waals surface area contributed by atoms with Crippen molar-refractivity contribution in [2.75, 3.05) is 11.1 Å². The predicted octanol–water partition coefficient (Wildman–Crippen LogP) is 4.95. The third-order valence-corrected chi connectivity index (χ3v) is 5.02. The minimum Gasteiger partial charge on any atom is -0.378 e. The normalized spacial score (nSPS) is 17.9. The van der Waals surface area contributed by atoms with E-state index in [1.165, 1.54) is 39.4 Å². The minimum atomic E-state index is 0.443. The van der Waals surface area contributed by atoms with Gasteiger partial charge in [-0.1, -0.05) is 30.3 Å². The molecule has 0 bridgehead atoms. The van der Waals surface area contributed by atoms with Crippen LogP contribution in [0.5, 0.6) is 0 Å². The van der Waals surface area contributed by atoms with Crippen molar-refractivity contribution in [1.29, 1.82) is 0 Å². The van der Waals surface area contributed by atoms with Crippen molar-refractivity contribution >= 4 is 17.4 Å². The number of fused-ring (bicyclic) bond motifs is 1. The lowest BCUT2D eigenvalue weighted by Crippen LogP contribution is -2.16. The number of hydrogen-bond acceptors (Lipinski definition) is 2. The summed E-state index contributed by atoms with van der Waals surface area (Å²) < 4.78 is 0. The van der Waals surface area contributed by atoms with Gasteiger partial charge < -0.3 is 5.32 Å². The first-order valence-corrected chi connectivity index (χ1v) is 7.79. The Morgan fingerprint density at radius 1 is 1.05 bits per heavy atom. The molecule has 0 radical (unpaired) electrons. The van der Waals surface area contributed by atoms with Gasteiger partial charge in [0, 0.05) is 16.3 Å². The molecular formula is C17H19NS. The van der Waals surface area contributed by atoms with Gasteiger partial charge in [-0.15, -0.1) is 11.8 Å². The smallest absolute Gasteiger partial charge is 0.0532 e. The second kappa shape index (κ2) is 5.30. The van der Waals surface area contributed by atoms with Crippen molar-refractivity contribution in [1.82, 2.24) is 0 Å². The van der Waals surface area contributed by atoms with E-state index < -0.39 is 0 Å². The highest BCUT2D eigenvalue weighted by atomic mass is 32.2. The van der Waals surface area contributed by atoms with Crippen LogP contribution >= 0.6 is 11.8 Å². The van der Waals surface area contributed by atoms with Crippen LogP contribution in [0.3, 0.4) is 0 Å². The zero-order chi connectivity index (χ0) is 13.2. The molecule has 0 aromatic heterocycles. The molecule has 1 aliphatic heterocycles. The maximum atomic E-state index is 3.73. The van der Waals surface area contributed by atoms with E-state index in [1.807, 2.05) is 11.8 Å². The Morgan fingerprint density at radius 2 is 1.89 bits per heavy atom. The molecule has 98 valence electrons. The summed E-state index contributed by atoms with van der Waals surface area (Å²) in [6, 6.07) is 15.7. The summed E-state index contributed by atoms with van der Waals surface area (Å²) in [6.07, 6.45) is 1.19. The van der Waals surface area contributed by atoms with E-state index in [1.54, 1.807) is 0 Å². The fourth-order valence-corrected chi connectivity index (χ4v) is 3.71. The molecule has 2 aromatic rings. The molecule has 0 saturated heterocycles. The van der Waals surface area contributed by atoms with Crippen molar-refractivity contribution in [3.05, 3.63) is 59.2 Å². The van der Waals surface area contributed by atoms with E-state index in [0.29, 0.717) is 6.04 Å². The van der Waals surface area contributed by atoms with E-state index >= 15 is 0 Å². The van der Waals surface area contributed by atoms with Crippen LogP contribution in [0.25, 0.3) is 0 Å². The third-order valence-electron chi connectivity index (χ3n) is 3.89. The Balaban J connectivity index is 1.91. The lowest BCUT2D eigenvalue weighted by Gasteiger charge is -2.27. The van der Waals surface area contributed by atoms with Crippen LogP contribution in [0, 0.1) is 13.8 Å². The maximum absolute atomic E-state index is 3.73. The van der Waals surface area contributed by atoms with Gasteiger partial charge in [-0.25, -0.2) is 0 Å². The van der Waals surface area contributed by atoms with Crippen LogP contribution < -0.4 is 5.32 Å². The highest BCUT2D eigenvalue weighted by Crippen LogP contribution is 2.38. The zero-order valence-corrected chi connectivity index (χ0v) is 12.3. The second-order valence-electron chi connectivity index (χ2n) is 5.12. The summed E-state index contributed by atoms with van der Waals surface area (Å²) in [5.74, 6) is 1.19. The Kier molecular flexibility index (Phi) is 3.52. The van der Waals surface area contributed by atoms with E-state index in [-0.39, 0.29) is 0 Å². The van der Waals surface area contributed by atoms with Gasteiger partial charge in [0.15, 0.2) is 0 Å². The maximum Gasteiger partial charge on any atom is 0.0532 e. The van der Waals surface area contributed by atoms with Crippen molar-refractivity contribution in [2.45, 2.75) is 31.2 Å². The van der Waals surface area contributed by atoms with Gasteiger partial charge in [-0.2, -0.15) is 0 Å². The first kappa shape index (κ1) is 12.6. The van der Waals surface area contributed by atoms with Crippen molar-refractivity contribution in [3.8, 4) is 0 Å². The van der Waals surface area contributed by atoms with Crippen molar-refractivity contribution in [3.63, 3.8) is 0 Å². The summed E-state index contributed by atoms with van der Waals surface area (Å²) in [7, 11) is 0. The lowest BCUT2D eigenvalue weighted by atomic mass is 10.0. The van der Waals surface area contributed by atoms with Crippen LogP contribution in [-0.4, -0.2) is 5.75 Å². The predicted molar refractivity (Wildman–Crippen MR) is 84.1 cm³/mol. The molecule has 3 rings (SSSR count). The van der Waals surface area contributed by atoms with Gasteiger partial charge in [0.1, 0.15) is 0 Å². The van der Waals surface area contributed by atoms with E-state index in [0.717, 1.165) is 0 Å². The van der Waals surface area contributed by atoms with Crippen molar-refractivity contribution in [2.24, 2.45) is 0 Å². The monoisotopic (exact) mass is 269 g/mol. The third kappa shape index (κ3) is 2.50. The summed E-state index contributed by atoms with van der Waals surface area (Å²) in [5, 5.41) is 3.73. The molecule has 0 fully saturated rings. The number of rotatable bonds is 2. The summed E-state index contributed by atoms with van der Waals surface area (Å²) in [4.78, 5) is 1.43. The van der Waals surface area contributed by atoms with Gasteiger partial charge >= 0.3 is 0 Å². The molecule has 2 heteroatoms. The number of aryl methyl sites for hydroxylation is 1. The van der Waals surface area contributed by atoms with Crippen LogP contribution in [0.2, 0.25) is 0 Å². The molecule has 0 aliphatic carbocycles. The number of nitrogens with one attached hydrogen (secondary N) is 1. The standard InChI is InChI=1S/C17H19NS/c1-12-6-5-8-15(13(12)2)18-16-10-11-19-17-9-4-3-7-14(16)17/h3-9,16,18H,10-11H2,1-2H3. The molecular weight excluding hydrogens is 250 g/mol. The number of hydrogen-bond donors (Lipinski definition) is 1. The molecule has 1 N–H and O–H groups in total. The molecule has 0 spiro atoms. The molecule has 1 unspecified atom stereocenters. The Morgan fingerprint density at radius 3 is 2.79 bits per heavy atom. The SMILES string of the molecule is Cc1cccc(NC2CCSc3ccccc32)c1C.